The zero-order valence-corrected chi connectivity index (χ0v) is 13.0. The molecule has 1 aromatic carbocycles. The summed E-state index contributed by atoms with van der Waals surface area (Å²) in [6.45, 7) is 3.98. The highest BCUT2D eigenvalue weighted by Gasteiger charge is 2.10. The Kier molecular flexibility index (Phi) is 8.71. The Balaban J connectivity index is 2.45. The molecule has 0 aromatic heterocycles. The van der Waals surface area contributed by atoms with Gasteiger partial charge in [0.2, 0.25) is 0 Å². The predicted molar refractivity (Wildman–Crippen MR) is 83.2 cm³/mol. The highest BCUT2D eigenvalue weighted by atomic mass is 32.2. The third kappa shape index (κ3) is 6.32. The number of thioether (sulfide) groups is 1. The molecule has 19 heavy (non-hydrogen) atoms. The highest BCUT2D eigenvalue weighted by Crippen LogP contribution is 2.21. The standard InChI is InChI=1S/C15H25NO2S/c1-4-16-15(12-19-11-5-10-17-2)13-6-8-14(18-3)9-7-13/h6-9,15-16H,4-5,10-12H2,1-3H3. The zero-order chi connectivity index (χ0) is 13.9. The first kappa shape index (κ1) is 16.3. The lowest BCUT2D eigenvalue weighted by Gasteiger charge is -2.18. The third-order valence-electron chi connectivity index (χ3n) is 2.89. The van der Waals surface area contributed by atoms with E-state index in [9.17, 15) is 0 Å². The smallest absolute Gasteiger partial charge is 0.118 e. The first-order valence-corrected chi connectivity index (χ1v) is 7.91. The molecule has 0 fully saturated rings. The Labute approximate surface area is 121 Å². The molecule has 0 bridgehead atoms. The largest absolute Gasteiger partial charge is 0.497 e. The Bertz CT molecular complexity index is 329. The van der Waals surface area contributed by atoms with Crippen LogP contribution >= 0.6 is 11.8 Å². The zero-order valence-electron chi connectivity index (χ0n) is 12.1. The van der Waals surface area contributed by atoms with E-state index in [0.717, 1.165) is 36.8 Å². The molecule has 108 valence electrons. The molecule has 0 amide bonds. The minimum atomic E-state index is 0.406. The molecule has 0 aliphatic rings. The van der Waals surface area contributed by atoms with E-state index in [0.29, 0.717) is 6.04 Å². The number of nitrogens with one attached hydrogen (secondary N) is 1. The average Bonchev–Trinajstić information content (AvgIpc) is 2.46. The molecule has 0 heterocycles. The molecule has 0 aliphatic heterocycles. The summed E-state index contributed by atoms with van der Waals surface area (Å²) in [5.74, 6) is 3.14. The van der Waals surface area contributed by atoms with Crippen LogP contribution in [0.5, 0.6) is 5.75 Å². The number of hydrogen-bond acceptors (Lipinski definition) is 4. The summed E-state index contributed by atoms with van der Waals surface area (Å²) in [7, 11) is 3.45. The van der Waals surface area contributed by atoms with E-state index in [1.807, 2.05) is 23.9 Å². The Hall–Kier alpha value is -0.710. The van der Waals surface area contributed by atoms with E-state index in [2.05, 4.69) is 24.4 Å². The van der Waals surface area contributed by atoms with Gasteiger partial charge < -0.3 is 14.8 Å². The predicted octanol–water partition coefficient (Wildman–Crippen LogP) is 3.12. The molecule has 1 unspecified atom stereocenters. The molecular weight excluding hydrogens is 258 g/mol. The van der Waals surface area contributed by atoms with Crippen molar-refractivity contribution < 1.29 is 9.47 Å². The summed E-state index contributed by atoms with van der Waals surface area (Å²) in [5, 5.41) is 3.53. The molecule has 1 aromatic rings. The number of ether oxygens (including phenoxy) is 2. The SMILES string of the molecule is CCNC(CSCCCOC)c1ccc(OC)cc1. The van der Waals surface area contributed by atoms with Crippen molar-refractivity contribution in [3.05, 3.63) is 29.8 Å². The van der Waals surface area contributed by atoms with Gasteiger partial charge >= 0.3 is 0 Å². The van der Waals surface area contributed by atoms with Gasteiger partial charge in [0.1, 0.15) is 5.75 Å². The van der Waals surface area contributed by atoms with Gasteiger partial charge in [-0.05, 0) is 36.4 Å². The highest BCUT2D eigenvalue weighted by molar-refractivity contribution is 7.99. The summed E-state index contributed by atoms with van der Waals surface area (Å²) < 4.78 is 10.3. The molecule has 0 spiro atoms. The van der Waals surface area contributed by atoms with Gasteiger partial charge in [0, 0.05) is 25.5 Å². The van der Waals surface area contributed by atoms with Crippen LogP contribution in [0.15, 0.2) is 24.3 Å². The molecular formula is C15H25NO2S. The molecule has 3 nitrogen and oxygen atoms in total. The maximum Gasteiger partial charge on any atom is 0.118 e. The Morgan fingerprint density at radius 2 is 1.95 bits per heavy atom. The second-order valence-corrected chi connectivity index (χ2v) is 5.45. The van der Waals surface area contributed by atoms with E-state index in [4.69, 9.17) is 9.47 Å². The van der Waals surface area contributed by atoms with Crippen LogP contribution in [0.4, 0.5) is 0 Å². The van der Waals surface area contributed by atoms with Crippen LogP contribution in [0.3, 0.4) is 0 Å². The molecule has 0 saturated heterocycles. The molecule has 1 rings (SSSR count). The third-order valence-corrected chi connectivity index (χ3v) is 4.04. The monoisotopic (exact) mass is 283 g/mol. The maximum atomic E-state index is 5.19. The lowest BCUT2D eigenvalue weighted by Crippen LogP contribution is -2.23. The van der Waals surface area contributed by atoms with Crippen molar-refractivity contribution in [3.8, 4) is 5.75 Å². The van der Waals surface area contributed by atoms with Crippen LogP contribution in [0.25, 0.3) is 0 Å². The molecule has 1 atom stereocenters. The van der Waals surface area contributed by atoms with Gasteiger partial charge in [-0.25, -0.2) is 0 Å². The lowest BCUT2D eigenvalue weighted by molar-refractivity contribution is 0.200. The van der Waals surface area contributed by atoms with Crippen LogP contribution in [-0.4, -0.2) is 38.9 Å². The van der Waals surface area contributed by atoms with Gasteiger partial charge in [0.15, 0.2) is 0 Å². The molecule has 0 aliphatic carbocycles. The van der Waals surface area contributed by atoms with Crippen molar-refractivity contribution in [2.75, 3.05) is 38.9 Å². The second kappa shape index (κ2) is 10.1. The van der Waals surface area contributed by atoms with Crippen molar-refractivity contribution >= 4 is 11.8 Å². The maximum absolute atomic E-state index is 5.19. The van der Waals surface area contributed by atoms with Crippen molar-refractivity contribution in [1.29, 1.82) is 0 Å². The molecule has 1 N–H and O–H groups in total. The van der Waals surface area contributed by atoms with E-state index < -0.39 is 0 Å². The fraction of sp³-hybridized carbons (Fsp3) is 0.600. The van der Waals surface area contributed by atoms with E-state index in [1.54, 1.807) is 14.2 Å². The van der Waals surface area contributed by atoms with Gasteiger partial charge in [-0.15, -0.1) is 0 Å². The number of hydrogen-bond donors (Lipinski definition) is 1. The van der Waals surface area contributed by atoms with Crippen LogP contribution in [0, 0.1) is 0 Å². The van der Waals surface area contributed by atoms with Gasteiger partial charge in [0.25, 0.3) is 0 Å². The van der Waals surface area contributed by atoms with Crippen LogP contribution in [0.1, 0.15) is 24.9 Å². The van der Waals surface area contributed by atoms with Crippen molar-refractivity contribution in [2.24, 2.45) is 0 Å². The van der Waals surface area contributed by atoms with E-state index in [1.165, 1.54) is 5.56 Å². The quantitative estimate of drug-likeness (QED) is 0.668. The number of rotatable bonds is 10. The lowest BCUT2D eigenvalue weighted by atomic mass is 10.1. The first-order chi connectivity index (χ1) is 9.31. The molecule has 0 saturated carbocycles. The second-order valence-electron chi connectivity index (χ2n) is 4.30. The normalized spacial score (nSPS) is 12.4. The summed E-state index contributed by atoms with van der Waals surface area (Å²) >= 11 is 1.97. The summed E-state index contributed by atoms with van der Waals surface area (Å²) in [6, 6.07) is 8.73. The van der Waals surface area contributed by atoms with E-state index in [-0.39, 0.29) is 0 Å². The van der Waals surface area contributed by atoms with Crippen LogP contribution in [0.2, 0.25) is 0 Å². The molecule has 4 heteroatoms. The fourth-order valence-electron chi connectivity index (χ4n) is 1.86. The van der Waals surface area contributed by atoms with Crippen LogP contribution < -0.4 is 10.1 Å². The fourth-order valence-corrected chi connectivity index (χ4v) is 2.90. The van der Waals surface area contributed by atoms with Gasteiger partial charge in [-0.3, -0.25) is 0 Å². The minimum Gasteiger partial charge on any atom is -0.497 e. The first-order valence-electron chi connectivity index (χ1n) is 6.75. The van der Waals surface area contributed by atoms with Crippen molar-refractivity contribution in [1.82, 2.24) is 5.32 Å². The Morgan fingerprint density at radius 3 is 2.53 bits per heavy atom. The van der Waals surface area contributed by atoms with Crippen LogP contribution in [-0.2, 0) is 4.74 Å². The van der Waals surface area contributed by atoms with Gasteiger partial charge in [-0.1, -0.05) is 19.1 Å². The minimum absolute atomic E-state index is 0.406. The Morgan fingerprint density at radius 1 is 1.21 bits per heavy atom. The number of benzene rings is 1. The molecule has 0 radical (unpaired) electrons. The van der Waals surface area contributed by atoms with Gasteiger partial charge in [0.05, 0.1) is 7.11 Å². The summed E-state index contributed by atoms with van der Waals surface area (Å²) in [5.41, 5.74) is 1.32. The van der Waals surface area contributed by atoms with Crippen molar-refractivity contribution in [3.63, 3.8) is 0 Å². The van der Waals surface area contributed by atoms with Gasteiger partial charge in [-0.2, -0.15) is 11.8 Å². The topological polar surface area (TPSA) is 30.5 Å². The summed E-state index contributed by atoms with van der Waals surface area (Å²) in [6.07, 6.45) is 1.11. The summed E-state index contributed by atoms with van der Waals surface area (Å²) in [4.78, 5) is 0. The number of methoxy groups -OCH3 is 2. The van der Waals surface area contributed by atoms with Crippen molar-refractivity contribution in [2.45, 2.75) is 19.4 Å². The average molecular weight is 283 g/mol. The van der Waals surface area contributed by atoms with E-state index >= 15 is 0 Å².